The van der Waals surface area contributed by atoms with Crippen LogP contribution in [0.25, 0.3) is 11.5 Å². The van der Waals surface area contributed by atoms with Gasteiger partial charge in [-0.05, 0) is 17.0 Å². The Morgan fingerprint density at radius 3 is 2.81 bits per heavy atom. The van der Waals surface area contributed by atoms with Crippen molar-refractivity contribution in [1.82, 2.24) is 15.5 Å². The summed E-state index contributed by atoms with van der Waals surface area (Å²) in [5.74, 6) is 0.628. The molecule has 2 aromatic heterocycles. The number of carbonyl (C=O) groups is 1. The Bertz CT molecular complexity index is 708. The van der Waals surface area contributed by atoms with E-state index in [0.717, 1.165) is 11.1 Å². The third-order valence-corrected chi connectivity index (χ3v) is 3.56. The van der Waals surface area contributed by atoms with Gasteiger partial charge in [0.15, 0.2) is 0 Å². The van der Waals surface area contributed by atoms with Gasteiger partial charge < -0.3 is 9.73 Å². The van der Waals surface area contributed by atoms with Crippen LogP contribution in [0.3, 0.4) is 0 Å². The van der Waals surface area contributed by atoms with Crippen LogP contribution in [0.15, 0.2) is 51.6 Å². The molecule has 106 valence electrons. The topological polar surface area (TPSA) is 68.0 Å². The van der Waals surface area contributed by atoms with Gasteiger partial charge in [-0.15, -0.1) is 10.2 Å². The van der Waals surface area contributed by atoms with E-state index in [-0.39, 0.29) is 12.3 Å². The molecule has 0 aliphatic heterocycles. The van der Waals surface area contributed by atoms with Crippen molar-refractivity contribution < 1.29 is 9.21 Å². The van der Waals surface area contributed by atoms with E-state index in [2.05, 4.69) is 15.5 Å². The van der Waals surface area contributed by atoms with Gasteiger partial charge in [0.1, 0.15) is 6.42 Å². The number of aromatic nitrogens is 2. The quantitative estimate of drug-likeness (QED) is 0.786. The summed E-state index contributed by atoms with van der Waals surface area (Å²) in [6, 6.07) is 11.6. The molecule has 1 N–H and O–H groups in total. The highest BCUT2D eigenvalue weighted by atomic mass is 32.1. The van der Waals surface area contributed by atoms with E-state index in [1.807, 2.05) is 47.2 Å². The first kappa shape index (κ1) is 13.5. The molecule has 0 saturated heterocycles. The van der Waals surface area contributed by atoms with E-state index in [4.69, 9.17) is 4.42 Å². The van der Waals surface area contributed by atoms with Crippen molar-refractivity contribution in [3.05, 3.63) is 58.6 Å². The normalized spacial score (nSPS) is 10.5. The number of thiophene rings is 1. The molecule has 0 aliphatic carbocycles. The molecule has 0 aliphatic rings. The standard InChI is InChI=1S/C15H13N3O2S/c19-13(16-9-11-4-2-1-3-5-11)8-14-17-18-15(20-14)12-6-7-21-10-12/h1-7,10H,8-9H2,(H,16,19). The minimum atomic E-state index is -0.139. The van der Waals surface area contributed by atoms with Gasteiger partial charge in [-0.3, -0.25) is 4.79 Å². The summed E-state index contributed by atoms with van der Waals surface area (Å²) in [6.07, 6.45) is 0.0873. The lowest BCUT2D eigenvalue weighted by molar-refractivity contribution is -0.120. The molecule has 3 aromatic rings. The number of amides is 1. The van der Waals surface area contributed by atoms with Crippen LogP contribution >= 0.6 is 11.3 Å². The average molecular weight is 299 g/mol. The molecule has 0 atom stereocenters. The third kappa shape index (κ3) is 3.55. The molecule has 0 fully saturated rings. The molecule has 0 saturated carbocycles. The van der Waals surface area contributed by atoms with Gasteiger partial charge in [0, 0.05) is 17.5 Å². The summed E-state index contributed by atoms with van der Waals surface area (Å²) in [5, 5.41) is 14.5. The number of nitrogens with one attached hydrogen (secondary N) is 1. The van der Waals surface area contributed by atoms with E-state index in [1.165, 1.54) is 0 Å². The van der Waals surface area contributed by atoms with E-state index < -0.39 is 0 Å². The van der Waals surface area contributed by atoms with Gasteiger partial charge in [0.25, 0.3) is 0 Å². The van der Waals surface area contributed by atoms with Gasteiger partial charge in [0.05, 0.1) is 0 Å². The average Bonchev–Trinajstić information content (AvgIpc) is 3.17. The van der Waals surface area contributed by atoms with Crippen molar-refractivity contribution in [3.8, 4) is 11.5 Å². The Balaban J connectivity index is 1.55. The molecular formula is C15H13N3O2S. The lowest BCUT2D eigenvalue weighted by Crippen LogP contribution is -2.24. The van der Waals surface area contributed by atoms with Gasteiger partial charge in [-0.2, -0.15) is 11.3 Å². The highest BCUT2D eigenvalue weighted by Gasteiger charge is 2.12. The zero-order valence-corrected chi connectivity index (χ0v) is 12.0. The van der Waals surface area contributed by atoms with Gasteiger partial charge in [0.2, 0.25) is 17.7 Å². The Kier molecular flexibility index (Phi) is 4.07. The highest BCUT2D eigenvalue weighted by molar-refractivity contribution is 7.08. The number of carbonyl (C=O) groups excluding carboxylic acids is 1. The second-order valence-electron chi connectivity index (χ2n) is 4.45. The molecular weight excluding hydrogens is 286 g/mol. The maximum absolute atomic E-state index is 11.8. The van der Waals surface area contributed by atoms with Gasteiger partial charge in [-0.1, -0.05) is 30.3 Å². The first-order valence-corrected chi connectivity index (χ1v) is 7.41. The van der Waals surface area contributed by atoms with Crippen molar-refractivity contribution in [1.29, 1.82) is 0 Å². The van der Waals surface area contributed by atoms with E-state index in [9.17, 15) is 4.79 Å². The predicted octanol–water partition coefficient (Wildman–Crippen LogP) is 2.66. The lowest BCUT2D eigenvalue weighted by Gasteiger charge is -2.03. The monoisotopic (exact) mass is 299 g/mol. The zero-order valence-electron chi connectivity index (χ0n) is 11.2. The fourth-order valence-corrected chi connectivity index (χ4v) is 2.45. The van der Waals surface area contributed by atoms with Crippen molar-refractivity contribution in [2.24, 2.45) is 0 Å². The molecule has 6 heteroatoms. The molecule has 0 unspecified atom stereocenters. The maximum Gasteiger partial charge on any atom is 0.248 e. The molecule has 0 radical (unpaired) electrons. The molecule has 3 rings (SSSR count). The van der Waals surface area contributed by atoms with Crippen LogP contribution in [0.4, 0.5) is 0 Å². The first-order valence-electron chi connectivity index (χ1n) is 6.47. The third-order valence-electron chi connectivity index (χ3n) is 2.88. The predicted molar refractivity (Wildman–Crippen MR) is 79.6 cm³/mol. The van der Waals surface area contributed by atoms with Crippen molar-refractivity contribution in [3.63, 3.8) is 0 Å². The fraction of sp³-hybridized carbons (Fsp3) is 0.133. The van der Waals surface area contributed by atoms with E-state index in [1.54, 1.807) is 11.3 Å². The van der Waals surface area contributed by atoms with Crippen LogP contribution in [0, 0.1) is 0 Å². The van der Waals surface area contributed by atoms with Crippen molar-refractivity contribution >= 4 is 17.2 Å². The molecule has 21 heavy (non-hydrogen) atoms. The first-order chi connectivity index (χ1) is 10.3. The molecule has 1 amide bonds. The largest absolute Gasteiger partial charge is 0.420 e. The van der Waals surface area contributed by atoms with Crippen LogP contribution < -0.4 is 5.32 Å². The molecule has 5 nitrogen and oxygen atoms in total. The summed E-state index contributed by atoms with van der Waals surface area (Å²) in [5.41, 5.74) is 1.93. The van der Waals surface area contributed by atoms with Crippen LogP contribution in [-0.4, -0.2) is 16.1 Å². The number of hydrogen-bond donors (Lipinski definition) is 1. The lowest BCUT2D eigenvalue weighted by atomic mass is 10.2. The van der Waals surface area contributed by atoms with E-state index >= 15 is 0 Å². The second kappa shape index (κ2) is 6.32. The zero-order chi connectivity index (χ0) is 14.5. The van der Waals surface area contributed by atoms with Gasteiger partial charge >= 0.3 is 0 Å². The summed E-state index contributed by atoms with van der Waals surface area (Å²) in [7, 11) is 0. The Morgan fingerprint density at radius 1 is 1.19 bits per heavy atom. The van der Waals surface area contributed by atoms with Gasteiger partial charge in [-0.25, -0.2) is 0 Å². The van der Waals surface area contributed by atoms with Crippen LogP contribution in [-0.2, 0) is 17.8 Å². The molecule has 1 aromatic carbocycles. The van der Waals surface area contributed by atoms with Crippen LogP contribution in [0.2, 0.25) is 0 Å². The molecule has 0 bridgehead atoms. The minimum Gasteiger partial charge on any atom is -0.420 e. The molecule has 0 spiro atoms. The summed E-state index contributed by atoms with van der Waals surface area (Å²) in [6.45, 7) is 0.491. The summed E-state index contributed by atoms with van der Waals surface area (Å²) >= 11 is 1.56. The number of hydrogen-bond acceptors (Lipinski definition) is 5. The Hall–Kier alpha value is -2.47. The fourth-order valence-electron chi connectivity index (χ4n) is 1.82. The minimum absolute atomic E-state index is 0.0873. The van der Waals surface area contributed by atoms with Crippen molar-refractivity contribution in [2.75, 3.05) is 0 Å². The summed E-state index contributed by atoms with van der Waals surface area (Å²) in [4.78, 5) is 11.8. The molecule has 2 heterocycles. The Morgan fingerprint density at radius 2 is 2.05 bits per heavy atom. The van der Waals surface area contributed by atoms with E-state index in [0.29, 0.717) is 18.3 Å². The van der Waals surface area contributed by atoms with Crippen molar-refractivity contribution in [2.45, 2.75) is 13.0 Å². The van der Waals surface area contributed by atoms with Crippen LogP contribution in [0.5, 0.6) is 0 Å². The maximum atomic E-state index is 11.8. The smallest absolute Gasteiger partial charge is 0.248 e. The Labute approximate surface area is 125 Å². The second-order valence-corrected chi connectivity index (χ2v) is 5.23. The van der Waals surface area contributed by atoms with Crippen LogP contribution in [0.1, 0.15) is 11.5 Å². The number of benzene rings is 1. The number of nitrogens with zero attached hydrogens (tertiary/aromatic N) is 2. The SMILES string of the molecule is O=C(Cc1nnc(-c2ccsc2)o1)NCc1ccccc1. The highest BCUT2D eigenvalue weighted by Crippen LogP contribution is 2.20. The number of rotatable bonds is 5. The summed E-state index contributed by atoms with van der Waals surface area (Å²) < 4.78 is 5.47.